The predicted molar refractivity (Wildman–Crippen MR) is 113 cm³/mol. The predicted octanol–water partition coefficient (Wildman–Crippen LogP) is 1.87. The normalized spacial score (nSPS) is 18.0. The molecular weight excluding hydrogens is 354 g/mol. The van der Waals surface area contributed by atoms with Crippen LogP contribution in [0.1, 0.15) is 44.1 Å². The molecule has 1 heterocycles. The van der Waals surface area contributed by atoms with Crippen molar-refractivity contribution in [3.05, 3.63) is 29.8 Å². The van der Waals surface area contributed by atoms with Gasteiger partial charge in [-0.3, -0.25) is 4.90 Å². The molecule has 1 aromatic rings. The number of aldehydes is 1. The van der Waals surface area contributed by atoms with E-state index in [4.69, 9.17) is 15.6 Å². The van der Waals surface area contributed by atoms with Crippen molar-refractivity contribution in [1.29, 1.82) is 0 Å². The van der Waals surface area contributed by atoms with E-state index in [9.17, 15) is 4.79 Å². The Morgan fingerprint density at radius 3 is 2.68 bits per heavy atom. The standard InChI is InChI=1S/C22H37N3O3/c1-2-19(7-4-14-26)20-6-3-8-22(16-20)28-15-5-9-24-10-12-25(13-11-24)17-21(23)18-27/h3,6,8,14,16,19,21,27H,2,4-5,7,9-13,15,17-18,23H2,1H3/t19?,21-/m1/s1. The lowest BCUT2D eigenvalue weighted by Crippen LogP contribution is -2.50. The van der Waals surface area contributed by atoms with Crippen molar-refractivity contribution >= 4 is 6.29 Å². The smallest absolute Gasteiger partial charge is 0.120 e. The second-order valence-corrected chi connectivity index (χ2v) is 7.71. The SMILES string of the molecule is CCC(CCC=O)c1cccc(OCCCN2CCN(C[C@@H](N)CO)CC2)c1. The van der Waals surface area contributed by atoms with Gasteiger partial charge in [-0.2, -0.15) is 0 Å². The van der Waals surface area contributed by atoms with Gasteiger partial charge in [0.05, 0.1) is 13.2 Å². The maximum atomic E-state index is 10.7. The van der Waals surface area contributed by atoms with Gasteiger partial charge in [-0.15, -0.1) is 0 Å². The first-order valence-electron chi connectivity index (χ1n) is 10.6. The molecule has 1 fully saturated rings. The van der Waals surface area contributed by atoms with Crippen LogP contribution in [0.25, 0.3) is 0 Å². The first kappa shape index (κ1) is 22.8. The van der Waals surface area contributed by atoms with Gasteiger partial charge in [-0.25, -0.2) is 0 Å². The van der Waals surface area contributed by atoms with E-state index in [1.165, 1.54) is 5.56 Å². The van der Waals surface area contributed by atoms with Crippen molar-refractivity contribution in [1.82, 2.24) is 9.80 Å². The number of hydrogen-bond acceptors (Lipinski definition) is 6. The number of carbonyl (C=O) groups excluding carboxylic acids is 1. The van der Waals surface area contributed by atoms with Crippen LogP contribution in [0.3, 0.4) is 0 Å². The van der Waals surface area contributed by atoms with E-state index in [0.29, 0.717) is 18.9 Å². The molecule has 28 heavy (non-hydrogen) atoms. The van der Waals surface area contributed by atoms with Crippen LogP contribution in [-0.2, 0) is 4.79 Å². The summed E-state index contributed by atoms with van der Waals surface area (Å²) in [5, 5.41) is 9.06. The van der Waals surface area contributed by atoms with Gasteiger partial charge in [-0.1, -0.05) is 19.1 Å². The van der Waals surface area contributed by atoms with E-state index in [1.54, 1.807) is 0 Å². The Balaban J connectivity index is 1.67. The second kappa shape index (κ2) is 12.9. The van der Waals surface area contributed by atoms with Crippen LogP contribution in [0.15, 0.2) is 24.3 Å². The van der Waals surface area contributed by atoms with Gasteiger partial charge in [0.1, 0.15) is 12.0 Å². The lowest BCUT2D eigenvalue weighted by Gasteiger charge is -2.35. The molecule has 1 saturated heterocycles. The van der Waals surface area contributed by atoms with Crippen LogP contribution in [-0.4, -0.2) is 79.7 Å². The maximum Gasteiger partial charge on any atom is 0.120 e. The molecule has 0 bridgehead atoms. The molecule has 158 valence electrons. The summed E-state index contributed by atoms with van der Waals surface area (Å²) in [6, 6.07) is 8.18. The fourth-order valence-corrected chi connectivity index (χ4v) is 3.80. The summed E-state index contributed by atoms with van der Waals surface area (Å²) in [7, 11) is 0. The average molecular weight is 392 g/mol. The number of benzene rings is 1. The molecule has 0 aliphatic carbocycles. The van der Waals surface area contributed by atoms with Gasteiger partial charge in [-0.05, 0) is 42.9 Å². The van der Waals surface area contributed by atoms with Crippen molar-refractivity contribution in [2.45, 2.75) is 44.6 Å². The van der Waals surface area contributed by atoms with Crippen LogP contribution in [0.5, 0.6) is 5.75 Å². The van der Waals surface area contributed by atoms with Crippen molar-refractivity contribution in [3.63, 3.8) is 0 Å². The highest BCUT2D eigenvalue weighted by molar-refractivity contribution is 5.49. The van der Waals surface area contributed by atoms with Crippen LogP contribution >= 0.6 is 0 Å². The van der Waals surface area contributed by atoms with Gasteiger partial charge in [0.25, 0.3) is 0 Å². The molecule has 0 aromatic heterocycles. The van der Waals surface area contributed by atoms with Crippen molar-refractivity contribution in [2.24, 2.45) is 5.73 Å². The Morgan fingerprint density at radius 2 is 2.00 bits per heavy atom. The number of nitrogens with zero attached hydrogens (tertiary/aromatic N) is 2. The Bertz CT molecular complexity index is 562. The highest BCUT2D eigenvalue weighted by atomic mass is 16.5. The molecule has 0 amide bonds. The van der Waals surface area contributed by atoms with Crippen LogP contribution in [0.4, 0.5) is 0 Å². The fraction of sp³-hybridized carbons (Fsp3) is 0.682. The van der Waals surface area contributed by atoms with Gasteiger partial charge in [0, 0.05) is 51.7 Å². The topological polar surface area (TPSA) is 79.0 Å². The molecule has 2 atom stereocenters. The molecule has 1 aromatic carbocycles. The van der Waals surface area contributed by atoms with Gasteiger partial charge in [0.15, 0.2) is 0 Å². The fourth-order valence-electron chi connectivity index (χ4n) is 3.80. The molecule has 6 nitrogen and oxygen atoms in total. The lowest BCUT2D eigenvalue weighted by molar-refractivity contribution is -0.108. The van der Waals surface area contributed by atoms with Gasteiger partial charge < -0.3 is 25.3 Å². The maximum absolute atomic E-state index is 10.7. The molecular formula is C22H37N3O3. The zero-order valence-corrected chi connectivity index (χ0v) is 17.3. The summed E-state index contributed by atoms with van der Waals surface area (Å²) in [6.07, 6.45) is 4.56. The average Bonchev–Trinajstić information content (AvgIpc) is 2.73. The Labute approximate surface area is 169 Å². The van der Waals surface area contributed by atoms with E-state index in [2.05, 4.69) is 28.9 Å². The van der Waals surface area contributed by atoms with Gasteiger partial charge >= 0.3 is 0 Å². The first-order valence-corrected chi connectivity index (χ1v) is 10.6. The monoisotopic (exact) mass is 391 g/mol. The number of piperazine rings is 1. The summed E-state index contributed by atoms with van der Waals surface area (Å²) in [5.41, 5.74) is 7.08. The molecule has 0 radical (unpaired) electrons. The number of aliphatic hydroxyl groups excluding tert-OH is 1. The molecule has 0 saturated carbocycles. The van der Waals surface area contributed by atoms with Gasteiger partial charge in [0.2, 0.25) is 0 Å². The molecule has 0 spiro atoms. The Hall–Kier alpha value is -1.47. The largest absolute Gasteiger partial charge is 0.494 e. The summed E-state index contributed by atoms with van der Waals surface area (Å²) in [6.45, 7) is 8.85. The second-order valence-electron chi connectivity index (χ2n) is 7.71. The number of hydrogen-bond donors (Lipinski definition) is 2. The third-order valence-corrected chi connectivity index (χ3v) is 5.53. The number of ether oxygens (including phenoxy) is 1. The van der Waals surface area contributed by atoms with Crippen molar-refractivity contribution in [2.75, 3.05) is 52.5 Å². The number of carbonyl (C=O) groups is 1. The van der Waals surface area contributed by atoms with E-state index in [0.717, 1.165) is 70.6 Å². The summed E-state index contributed by atoms with van der Waals surface area (Å²) in [5.74, 6) is 1.34. The molecule has 1 unspecified atom stereocenters. The Morgan fingerprint density at radius 1 is 1.25 bits per heavy atom. The lowest BCUT2D eigenvalue weighted by atomic mass is 9.92. The minimum absolute atomic E-state index is 0.0504. The van der Waals surface area contributed by atoms with Crippen LogP contribution in [0, 0.1) is 0 Å². The minimum Gasteiger partial charge on any atom is -0.494 e. The molecule has 3 N–H and O–H groups in total. The molecule has 1 aliphatic heterocycles. The van der Waals surface area contributed by atoms with E-state index < -0.39 is 0 Å². The highest BCUT2D eigenvalue weighted by Gasteiger charge is 2.18. The quantitative estimate of drug-likeness (QED) is 0.395. The molecule has 6 heteroatoms. The van der Waals surface area contributed by atoms with Crippen LogP contribution < -0.4 is 10.5 Å². The Kier molecular flexibility index (Phi) is 10.5. The third-order valence-electron chi connectivity index (χ3n) is 5.53. The highest BCUT2D eigenvalue weighted by Crippen LogP contribution is 2.27. The third kappa shape index (κ3) is 7.87. The summed E-state index contributed by atoms with van der Waals surface area (Å²) in [4.78, 5) is 15.5. The first-order chi connectivity index (χ1) is 13.7. The minimum atomic E-state index is -0.138. The summed E-state index contributed by atoms with van der Waals surface area (Å²) >= 11 is 0. The summed E-state index contributed by atoms with van der Waals surface area (Å²) < 4.78 is 5.97. The van der Waals surface area contributed by atoms with Crippen LogP contribution in [0.2, 0.25) is 0 Å². The number of rotatable bonds is 13. The molecule has 2 rings (SSSR count). The number of nitrogens with two attached hydrogens (primary N) is 1. The van der Waals surface area contributed by atoms with Crippen molar-refractivity contribution in [3.8, 4) is 5.75 Å². The van der Waals surface area contributed by atoms with E-state index >= 15 is 0 Å². The van der Waals surface area contributed by atoms with E-state index in [-0.39, 0.29) is 12.6 Å². The van der Waals surface area contributed by atoms with E-state index in [1.807, 2.05) is 12.1 Å². The molecule has 1 aliphatic rings. The zero-order chi connectivity index (χ0) is 20.2. The number of aliphatic hydroxyl groups is 1. The van der Waals surface area contributed by atoms with Crippen molar-refractivity contribution < 1.29 is 14.6 Å². The zero-order valence-electron chi connectivity index (χ0n) is 17.3.